The van der Waals surface area contributed by atoms with Gasteiger partial charge < -0.3 is 10.3 Å². The van der Waals surface area contributed by atoms with Gasteiger partial charge in [-0.05, 0) is 37.1 Å². The second-order valence-corrected chi connectivity index (χ2v) is 8.80. The number of rotatable bonds is 3. The van der Waals surface area contributed by atoms with Gasteiger partial charge in [-0.1, -0.05) is 12.1 Å². The number of sulfone groups is 1. The van der Waals surface area contributed by atoms with Gasteiger partial charge in [0.1, 0.15) is 5.82 Å². The molecule has 0 aliphatic carbocycles. The number of carbonyl (C=O) groups excluding carboxylic acids is 1. The minimum atomic E-state index is -3.03. The van der Waals surface area contributed by atoms with Crippen LogP contribution in [0.2, 0.25) is 0 Å². The Morgan fingerprint density at radius 3 is 2.88 bits per heavy atom. The van der Waals surface area contributed by atoms with Crippen LogP contribution < -0.4 is 5.32 Å². The fraction of sp³-hybridized carbons (Fsp3) is 0.278. The first-order chi connectivity index (χ1) is 12.4. The molecule has 1 aliphatic heterocycles. The molecule has 8 heteroatoms. The van der Waals surface area contributed by atoms with Gasteiger partial charge in [0, 0.05) is 23.4 Å². The number of aromatic nitrogens is 3. The van der Waals surface area contributed by atoms with Crippen LogP contribution in [0.5, 0.6) is 0 Å². The number of imidazole rings is 1. The van der Waals surface area contributed by atoms with Crippen molar-refractivity contribution in [3.63, 3.8) is 0 Å². The predicted molar refractivity (Wildman–Crippen MR) is 98.6 cm³/mol. The molecule has 1 amide bonds. The molecule has 0 unspecified atom stereocenters. The maximum atomic E-state index is 12.5. The van der Waals surface area contributed by atoms with E-state index in [9.17, 15) is 13.2 Å². The molecule has 134 valence electrons. The van der Waals surface area contributed by atoms with Gasteiger partial charge in [0.2, 0.25) is 0 Å². The first-order valence-corrected chi connectivity index (χ1v) is 10.2. The Morgan fingerprint density at radius 2 is 2.12 bits per heavy atom. The Hall–Kier alpha value is -2.74. The van der Waals surface area contributed by atoms with E-state index in [4.69, 9.17) is 0 Å². The Morgan fingerprint density at radius 1 is 1.27 bits per heavy atom. The van der Waals surface area contributed by atoms with Gasteiger partial charge in [0.25, 0.3) is 5.91 Å². The number of fused-ring (bicyclic) bond motifs is 1. The lowest BCUT2D eigenvalue weighted by Crippen LogP contribution is -2.35. The van der Waals surface area contributed by atoms with E-state index in [-0.39, 0.29) is 23.5 Å². The SMILES string of the molecule is Cc1nc2ncc(-c3cccc(C(=O)N[C@H]4CCS(=O)(=O)C4)c3)cc2[nH]1. The summed E-state index contributed by atoms with van der Waals surface area (Å²) in [5.74, 6) is 0.676. The van der Waals surface area contributed by atoms with Crippen molar-refractivity contribution in [1.82, 2.24) is 20.3 Å². The van der Waals surface area contributed by atoms with E-state index < -0.39 is 9.84 Å². The van der Waals surface area contributed by atoms with Gasteiger partial charge in [0.15, 0.2) is 15.5 Å². The third-order valence-corrected chi connectivity index (χ3v) is 6.25. The average molecular weight is 370 g/mol. The van der Waals surface area contributed by atoms with Gasteiger partial charge >= 0.3 is 0 Å². The number of carbonyl (C=O) groups is 1. The van der Waals surface area contributed by atoms with Crippen LogP contribution in [0.4, 0.5) is 0 Å². The van der Waals surface area contributed by atoms with Crippen LogP contribution in [-0.2, 0) is 9.84 Å². The summed E-state index contributed by atoms with van der Waals surface area (Å²) in [6.45, 7) is 1.87. The van der Waals surface area contributed by atoms with Crippen LogP contribution in [0, 0.1) is 6.92 Å². The van der Waals surface area contributed by atoms with E-state index in [0.29, 0.717) is 17.6 Å². The average Bonchev–Trinajstić information content (AvgIpc) is 3.14. The number of pyridine rings is 1. The monoisotopic (exact) mass is 370 g/mol. The van der Waals surface area contributed by atoms with E-state index in [1.807, 2.05) is 19.1 Å². The third-order valence-electron chi connectivity index (χ3n) is 4.48. The Bertz CT molecular complexity index is 1100. The molecule has 1 aliphatic rings. The Kier molecular flexibility index (Phi) is 3.99. The van der Waals surface area contributed by atoms with E-state index in [1.54, 1.807) is 24.4 Å². The second-order valence-electron chi connectivity index (χ2n) is 6.57. The summed E-state index contributed by atoms with van der Waals surface area (Å²) in [5.41, 5.74) is 3.72. The molecule has 0 radical (unpaired) electrons. The number of amides is 1. The predicted octanol–water partition coefficient (Wildman–Crippen LogP) is 1.85. The molecule has 2 N–H and O–H groups in total. The molecular formula is C18H18N4O3S. The van der Waals surface area contributed by atoms with Crippen molar-refractivity contribution in [3.05, 3.63) is 47.9 Å². The molecule has 1 aromatic carbocycles. The second kappa shape index (κ2) is 6.21. The molecular weight excluding hydrogens is 352 g/mol. The van der Waals surface area contributed by atoms with Crippen LogP contribution in [0.3, 0.4) is 0 Å². The number of hydrogen-bond acceptors (Lipinski definition) is 5. The summed E-state index contributed by atoms with van der Waals surface area (Å²) < 4.78 is 23.1. The summed E-state index contributed by atoms with van der Waals surface area (Å²) in [5, 5.41) is 2.81. The zero-order chi connectivity index (χ0) is 18.3. The number of nitrogens with one attached hydrogen (secondary N) is 2. The molecule has 3 heterocycles. The first-order valence-electron chi connectivity index (χ1n) is 8.34. The Balaban J connectivity index is 1.58. The van der Waals surface area contributed by atoms with Gasteiger partial charge in [0.05, 0.1) is 17.0 Å². The zero-order valence-electron chi connectivity index (χ0n) is 14.2. The van der Waals surface area contributed by atoms with Gasteiger partial charge in [-0.2, -0.15) is 0 Å². The van der Waals surface area contributed by atoms with E-state index in [0.717, 1.165) is 22.5 Å². The van der Waals surface area contributed by atoms with Crippen molar-refractivity contribution in [3.8, 4) is 11.1 Å². The van der Waals surface area contributed by atoms with Crippen molar-refractivity contribution < 1.29 is 13.2 Å². The topological polar surface area (TPSA) is 105 Å². The summed E-state index contributed by atoms with van der Waals surface area (Å²) in [7, 11) is -3.03. The molecule has 1 saturated heterocycles. The lowest BCUT2D eigenvalue weighted by molar-refractivity contribution is 0.0941. The third kappa shape index (κ3) is 3.32. The molecule has 0 bridgehead atoms. The van der Waals surface area contributed by atoms with Gasteiger partial charge in [-0.15, -0.1) is 0 Å². The Labute approximate surface area is 150 Å². The standard InChI is InChI=1S/C18H18N4O3S/c1-11-20-16-8-14(9-19-17(16)21-11)12-3-2-4-13(7-12)18(23)22-15-5-6-26(24,25)10-15/h2-4,7-9,15H,5-6,10H2,1H3,(H,22,23)(H,19,20,21)/t15-/m0/s1. The number of H-pyrrole nitrogens is 1. The van der Waals surface area contributed by atoms with E-state index in [2.05, 4.69) is 20.3 Å². The van der Waals surface area contributed by atoms with Gasteiger partial charge in [-0.3, -0.25) is 4.79 Å². The summed E-state index contributed by atoms with van der Waals surface area (Å²) in [6.07, 6.45) is 2.19. The molecule has 0 spiro atoms. The zero-order valence-corrected chi connectivity index (χ0v) is 15.0. The number of aryl methyl sites for hydroxylation is 1. The highest BCUT2D eigenvalue weighted by Crippen LogP contribution is 2.23. The number of benzene rings is 1. The molecule has 4 rings (SSSR count). The highest BCUT2D eigenvalue weighted by Gasteiger charge is 2.29. The van der Waals surface area contributed by atoms with Crippen LogP contribution in [0.25, 0.3) is 22.3 Å². The molecule has 2 aromatic heterocycles. The number of aromatic amines is 1. The molecule has 1 atom stereocenters. The highest BCUT2D eigenvalue weighted by molar-refractivity contribution is 7.91. The summed E-state index contributed by atoms with van der Waals surface area (Å²) in [6, 6.07) is 8.84. The minimum absolute atomic E-state index is 0.0121. The van der Waals surface area contributed by atoms with Crippen LogP contribution >= 0.6 is 0 Å². The number of hydrogen-bond donors (Lipinski definition) is 2. The van der Waals surface area contributed by atoms with Gasteiger partial charge in [-0.25, -0.2) is 18.4 Å². The van der Waals surface area contributed by atoms with Crippen molar-refractivity contribution >= 4 is 26.9 Å². The lowest BCUT2D eigenvalue weighted by atomic mass is 10.0. The van der Waals surface area contributed by atoms with Crippen molar-refractivity contribution in [2.75, 3.05) is 11.5 Å². The van der Waals surface area contributed by atoms with Crippen molar-refractivity contribution in [1.29, 1.82) is 0 Å². The number of nitrogens with zero attached hydrogens (tertiary/aromatic N) is 2. The lowest BCUT2D eigenvalue weighted by Gasteiger charge is -2.11. The maximum Gasteiger partial charge on any atom is 0.251 e. The van der Waals surface area contributed by atoms with Crippen molar-refractivity contribution in [2.45, 2.75) is 19.4 Å². The first kappa shape index (κ1) is 16.7. The van der Waals surface area contributed by atoms with Crippen LogP contribution in [0.1, 0.15) is 22.6 Å². The quantitative estimate of drug-likeness (QED) is 0.732. The normalized spacial score (nSPS) is 18.9. The fourth-order valence-electron chi connectivity index (χ4n) is 3.20. The minimum Gasteiger partial charge on any atom is -0.348 e. The molecule has 26 heavy (non-hydrogen) atoms. The summed E-state index contributed by atoms with van der Waals surface area (Å²) >= 11 is 0. The highest BCUT2D eigenvalue weighted by atomic mass is 32.2. The maximum absolute atomic E-state index is 12.5. The fourth-order valence-corrected chi connectivity index (χ4v) is 4.87. The molecule has 7 nitrogen and oxygen atoms in total. The van der Waals surface area contributed by atoms with Crippen molar-refractivity contribution in [2.24, 2.45) is 0 Å². The molecule has 1 fully saturated rings. The largest absolute Gasteiger partial charge is 0.348 e. The van der Waals surface area contributed by atoms with Crippen LogP contribution in [0.15, 0.2) is 36.5 Å². The van der Waals surface area contributed by atoms with E-state index in [1.165, 1.54) is 0 Å². The van der Waals surface area contributed by atoms with Crippen LogP contribution in [-0.4, -0.2) is 46.8 Å². The summed E-state index contributed by atoms with van der Waals surface area (Å²) in [4.78, 5) is 24.3. The van der Waals surface area contributed by atoms with E-state index >= 15 is 0 Å². The smallest absolute Gasteiger partial charge is 0.251 e. The molecule has 0 saturated carbocycles. The molecule has 3 aromatic rings.